The van der Waals surface area contributed by atoms with Crippen LogP contribution in [0.15, 0.2) is 65.6 Å². The fourth-order valence-electron chi connectivity index (χ4n) is 2.96. The van der Waals surface area contributed by atoms with Gasteiger partial charge in [-0.15, -0.1) is 0 Å². The zero-order chi connectivity index (χ0) is 22.9. The van der Waals surface area contributed by atoms with Gasteiger partial charge in [-0.05, 0) is 61.9 Å². The Bertz CT molecular complexity index is 1420. The van der Waals surface area contributed by atoms with Gasteiger partial charge in [0, 0.05) is 16.4 Å². The van der Waals surface area contributed by atoms with Crippen molar-refractivity contribution in [2.45, 2.75) is 18.7 Å². The number of nitrogens with one attached hydrogen (secondary N) is 3. The van der Waals surface area contributed by atoms with E-state index in [9.17, 15) is 13.2 Å². The van der Waals surface area contributed by atoms with Crippen LogP contribution in [0.3, 0.4) is 0 Å². The van der Waals surface area contributed by atoms with Crippen LogP contribution >= 0.6 is 22.9 Å². The maximum Gasteiger partial charge on any atom is 0.323 e. The molecule has 1 heterocycles. The van der Waals surface area contributed by atoms with E-state index >= 15 is 0 Å². The average Bonchev–Trinajstić information content (AvgIpc) is 3.12. The summed E-state index contributed by atoms with van der Waals surface area (Å²) in [5.74, 6) is 0. The Kier molecular flexibility index (Phi) is 6.05. The molecule has 10 heteroatoms. The Morgan fingerprint density at radius 1 is 1.00 bits per heavy atom. The number of aryl methyl sites for hydroxylation is 1. The second kappa shape index (κ2) is 8.78. The van der Waals surface area contributed by atoms with Crippen LogP contribution in [-0.2, 0) is 10.0 Å². The van der Waals surface area contributed by atoms with E-state index in [-0.39, 0.29) is 10.0 Å². The van der Waals surface area contributed by atoms with Gasteiger partial charge in [0.2, 0.25) is 0 Å². The molecule has 0 aliphatic rings. The van der Waals surface area contributed by atoms with Crippen molar-refractivity contribution in [3.8, 4) is 0 Å². The molecule has 3 N–H and O–H groups in total. The largest absolute Gasteiger partial charge is 0.323 e. The molecule has 32 heavy (non-hydrogen) atoms. The number of nitrogens with zero attached hydrogens (tertiary/aromatic N) is 1. The highest BCUT2D eigenvalue weighted by atomic mass is 35.5. The number of rotatable bonds is 5. The predicted octanol–water partition coefficient (Wildman–Crippen LogP) is 6.01. The lowest BCUT2D eigenvalue weighted by molar-refractivity contribution is 0.262. The molecule has 0 aliphatic heterocycles. The van der Waals surface area contributed by atoms with Crippen LogP contribution in [0, 0.1) is 13.8 Å². The first kappa shape index (κ1) is 22.1. The first-order valence-corrected chi connectivity index (χ1v) is 12.2. The van der Waals surface area contributed by atoms with Crippen molar-refractivity contribution in [3.05, 3.63) is 76.8 Å². The van der Waals surface area contributed by atoms with E-state index in [1.54, 1.807) is 60.7 Å². The van der Waals surface area contributed by atoms with Gasteiger partial charge in [0.1, 0.15) is 0 Å². The van der Waals surface area contributed by atoms with Crippen molar-refractivity contribution in [1.29, 1.82) is 0 Å². The highest BCUT2D eigenvalue weighted by Crippen LogP contribution is 2.30. The lowest BCUT2D eigenvalue weighted by atomic mass is 10.2. The Labute approximate surface area is 194 Å². The molecule has 0 radical (unpaired) electrons. The normalized spacial score (nSPS) is 11.3. The van der Waals surface area contributed by atoms with Crippen molar-refractivity contribution in [2.75, 3.05) is 15.4 Å². The van der Waals surface area contributed by atoms with Gasteiger partial charge in [-0.1, -0.05) is 46.7 Å². The Morgan fingerprint density at radius 2 is 1.75 bits per heavy atom. The molecule has 164 valence electrons. The van der Waals surface area contributed by atoms with Crippen molar-refractivity contribution >= 4 is 65.7 Å². The summed E-state index contributed by atoms with van der Waals surface area (Å²) in [4.78, 5) is 16.9. The second-order valence-electron chi connectivity index (χ2n) is 7.11. The monoisotopic (exact) mass is 486 g/mol. The van der Waals surface area contributed by atoms with Gasteiger partial charge in [-0.25, -0.2) is 18.2 Å². The quantitative estimate of drug-likeness (QED) is 0.321. The molecular formula is C22H19ClN4O3S2. The maximum atomic E-state index is 12.6. The molecule has 0 spiro atoms. The number of aromatic nitrogens is 1. The third-order valence-electron chi connectivity index (χ3n) is 4.72. The smallest absolute Gasteiger partial charge is 0.308 e. The minimum absolute atomic E-state index is 0.165. The summed E-state index contributed by atoms with van der Waals surface area (Å²) in [5, 5.41) is 6.34. The number of urea groups is 1. The molecule has 3 aromatic carbocycles. The van der Waals surface area contributed by atoms with E-state index < -0.39 is 16.1 Å². The summed E-state index contributed by atoms with van der Waals surface area (Å²) < 4.78 is 28.5. The van der Waals surface area contributed by atoms with Gasteiger partial charge in [0.25, 0.3) is 10.0 Å². The van der Waals surface area contributed by atoms with E-state index in [0.29, 0.717) is 21.9 Å². The number of hydrogen-bond donors (Lipinski definition) is 3. The summed E-state index contributed by atoms with van der Waals surface area (Å²) in [6, 6.07) is 16.6. The first-order chi connectivity index (χ1) is 15.2. The average molecular weight is 487 g/mol. The number of sulfonamides is 1. The highest BCUT2D eigenvalue weighted by molar-refractivity contribution is 7.93. The summed E-state index contributed by atoms with van der Waals surface area (Å²) in [5.41, 5.74) is 3.52. The topological polar surface area (TPSA) is 100 Å². The molecule has 2 amide bonds. The molecule has 0 aliphatic carbocycles. The van der Waals surface area contributed by atoms with E-state index in [1.807, 2.05) is 13.8 Å². The van der Waals surface area contributed by atoms with Gasteiger partial charge >= 0.3 is 6.03 Å². The summed E-state index contributed by atoms with van der Waals surface area (Å²) in [7, 11) is -3.74. The summed E-state index contributed by atoms with van der Waals surface area (Å²) in [6.45, 7) is 3.71. The molecule has 1 aromatic heterocycles. The zero-order valence-electron chi connectivity index (χ0n) is 17.1. The molecule has 7 nitrogen and oxygen atoms in total. The summed E-state index contributed by atoms with van der Waals surface area (Å²) in [6.07, 6.45) is 0. The maximum absolute atomic E-state index is 12.6. The second-order valence-corrected chi connectivity index (χ2v) is 10.2. The Morgan fingerprint density at radius 3 is 2.50 bits per heavy atom. The van der Waals surface area contributed by atoms with E-state index in [4.69, 9.17) is 11.6 Å². The molecule has 0 saturated carbocycles. The number of fused-ring (bicyclic) bond motifs is 1. The molecular weight excluding hydrogens is 468 g/mol. The fraction of sp³-hybridized carbons (Fsp3) is 0.0909. The lowest BCUT2D eigenvalue weighted by Crippen LogP contribution is -2.19. The van der Waals surface area contributed by atoms with Crippen molar-refractivity contribution in [3.63, 3.8) is 0 Å². The summed E-state index contributed by atoms with van der Waals surface area (Å²) >= 11 is 7.27. The Balaban J connectivity index is 1.49. The van der Waals surface area contributed by atoms with Crippen LogP contribution < -0.4 is 15.4 Å². The SMILES string of the molecule is Cc1ccc(S(=O)(=O)Nc2nc3ccc(NC(=O)Nc4cccc(Cl)c4C)cc3s2)cc1. The minimum Gasteiger partial charge on any atom is -0.308 e. The number of hydrogen-bond acceptors (Lipinski definition) is 5. The molecule has 4 aromatic rings. The zero-order valence-corrected chi connectivity index (χ0v) is 19.5. The molecule has 0 saturated heterocycles. The van der Waals surface area contributed by atoms with Gasteiger partial charge in [0.15, 0.2) is 5.13 Å². The lowest BCUT2D eigenvalue weighted by Gasteiger charge is -2.10. The number of thiazole rings is 1. The first-order valence-electron chi connectivity index (χ1n) is 9.54. The molecule has 0 fully saturated rings. The number of carbonyl (C=O) groups is 1. The van der Waals surface area contributed by atoms with Crippen LogP contribution in [0.4, 0.5) is 21.3 Å². The highest BCUT2D eigenvalue weighted by Gasteiger charge is 2.17. The third-order valence-corrected chi connectivity index (χ3v) is 7.54. The number of carbonyl (C=O) groups excluding carboxylic acids is 1. The Hall–Kier alpha value is -3.14. The number of amides is 2. The van der Waals surface area contributed by atoms with E-state index in [1.165, 1.54) is 11.3 Å². The standard InChI is InChI=1S/C22H19ClN4O3S2/c1-13-6-9-16(10-7-13)32(29,30)27-22-26-19-11-8-15(12-20(19)31-22)24-21(28)25-18-5-3-4-17(23)14(18)2/h3-12H,1-2H3,(H,26,27)(H2,24,25,28). The van der Waals surface area contributed by atoms with Crippen LogP contribution in [-0.4, -0.2) is 19.4 Å². The van der Waals surface area contributed by atoms with Gasteiger partial charge in [-0.3, -0.25) is 4.72 Å². The molecule has 0 bridgehead atoms. The predicted molar refractivity (Wildman–Crippen MR) is 130 cm³/mol. The van der Waals surface area contributed by atoms with Crippen molar-refractivity contribution in [2.24, 2.45) is 0 Å². The van der Waals surface area contributed by atoms with Crippen LogP contribution in [0.25, 0.3) is 10.2 Å². The van der Waals surface area contributed by atoms with E-state index in [0.717, 1.165) is 15.8 Å². The molecule has 0 atom stereocenters. The van der Waals surface area contributed by atoms with Crippen LogP contribution in [0.5, 0.6) is 0 Å². The van der Waals surface area contributed by atoms with Gasteiger partial charge in [0.05, 0.1) is 15.1 Å². The number of anilines is 3. The van der Waals surface area contributed by atoms with Gasteiger partial charge < -0.3 is 10.6 Å². The van der Waals surface area contributed by atoms with Gasteiger partial charge in [-0.2, -0.15) is 0 Å². The van der Waals surface area contributed by atoms with E-state index in [2.05, 4.69) is 20.3 Å². The van der Waals surface area contributed by atoms with Crippen LogP contribution in [0.2, 0.25) is 5.02 Å². The minimum atomic E-state index is -3.74. The van der Waals surface area contributed by atoms with Crippen molar-refractivity contribution < 1.29 is 13.2 Å². The molecule has 4 rings (SSSR count). The van der Waals surface area contributed by atoms with Crippen LogP contribution in [0.1, 0.15) is 11.1 Å². The third kappa shape index (κ3) is 4.85. The van der Waals surface area contributed by atoms with Crippen molar-refractivity contribution in [1.82, 2.24) is 4.98 Å². The number of benzene rings is 3. The fourth-order valence-corrected chi connectivity index (χ4v) is 5.28. The molecule has 0 unspecified atom stereocenters. The number of halogens is 1.